The molecule has 1 aliphatic carbocycles. The van der Waals surface area contributed by atoms with Crippen LogP contribution in [0.5, 0.6) is 5.75 Å². The molecule has 98 valence electrons. The molecule has 1 aromatic carbocycles. The highest BCUT2D eigenvalue weighted by atomic mass is 19.1. The minimum atomic E-state index is -0.477. The van der Waals surface area contributed by atoms with Crippen molar-refractivity contribution in [3.05, 3.63) is 29.1 Å². The molecule has 2 rings (SSSR count). The van der Waals surface area contributed by atoms with Crippen molar-refractivity contribution < 1.29 is 14.3 Å². The first-order valence-electron chi connectivity index (χ1n) is 6.21. The SMILES string of the molecule is CC(=O)c1cc(F)cc(CN(C)C2CCC2)c1O. The number of rotatable bonds is 4. The quantitative estimate of drug-likeness (QED) is 0.836. The zero-order chi connectivity index (χ0) is 13.3. The van der Waals surface area contributed by atoms with E-state index in [0.717, 1.165) is 18.9 Å². The predicted octanol–water partition coefficient (Wildman–Crippen LogP) is 2.72. The van der Waals surface area contributed by atoms with Crippen molar-refractivity contribution in [3.8, 4) is 5.75 Å². The smallest absolute Gasteiger partial charge is 0.163 e. The van der Waals surface area contributed by atoms with Crippen LogP contribution in [0.2, 0.25) is 0 Å². The average Bonchev–Trinajstić information content (AvgIpc) is 2.19. The van der Waals surface area contributed by atoms with Crippen LogP contribution in [-0.4, -0.2) is 28.9 Å². The van der Waals surface area contributed by atoms with Gasteiger partial charge in [-0.3, -0.25) is 9.69 Å². The van der Waals surface area contributed by atoms with Gasteiger partial charge in [-0.25, -0.2) is 4.39 Å². The topological polar surface area (TPSA) is 40.5 Å². The minimum absolute atomic E-state index is 0.0620. The van der Waals surface area contributed by atoms with Gasteiger partial charge >= 0.3 is 0 Å². The maximum absolute atomic E-state index is 13.4. The molecule has 1 fully saturated rings. The first kappa shape index (κ1) is 13.0. The van der Waals surface area contributed by atoms with Gasteiger partial charge in [-0.1, -0.05) is 6.42 Å². The van der Waals surface area contributed by atoms with Gasteiger partial charge in [0, 0.05) is 18.2 Å². The molecule has 4 heteroatoms. The molecule has 0 atom stereocenters. The summed E-state index contributed by atoms with van der Waals surface area (Å²) in [6, 6.07) is 2.90. The molecule has 0 heterocycles. The Balaban J connectivity index is 2.23. The standard InChI is InChI=1S/C14H18FNO2/c1-9(17)13-7-11(15)6-10(14(13)18)8-16(2)12-4-3-5-12/h6-7,12,18H,3-5,8H2,1-2H3. The number of halogens is 1. The summed E-state index contributed by atoms with van der Waals surface area (Å²) in [5.74, 6) is -0.885. The molecule has 0 aromatic heterocycles. The lowest BCUT2D eigenvalue weighted by atomic mass is 9.91. The number of Topliss-reactive ketones (excluding diaryl/α,β-unsaturated/α-hetero) is 1. The Morgan fingerprint density at radius 1 is 1.50 bits per heavy atom. The Kier molecular flexibility index (Phi) is 3.66. The van der Waals surface area contributed by atoms with E-state index >= 15 is 0 Å². The third kappa shape index (κ3) is 2.53. The number of carbonyl (C=O) groups excluding carboxylic acids is 1. The van der Waals surface area contributed by atoms with Crippen LogP contribution in [0.3, 0.4) is 0 Å². The molecular formula is C14H18FNO2. The average molecular weight is 251 g/mol. The highest BCUT2D eigenvalue weighted by Gasteiger charge is 2.23. The van der Waals surface area contributed by atoms with E-state index in [1.54, 1.807) is 0 Å². The van der Waals surface area contributed by atoms with Crippen LogP contribution in [0, 0.1) is 5.82 Å². The third-order valence-corrected chi connectivity index (χ3v) is 3.65. The Morgan fingerprint density at radius 3 is 2.67 bits per heavy atom. The van der Waals surface area contributed by atoms with Crippen molar-refractivity contribution in [3.63, 3.8) is 0 Å². The van der Waals surface area contributed by atoms with Crippen molar-refractivity contribution >= 4 is 5.78 Å². The molecule has 0 saturated heterocycles. The minimum Gasteiger partial charge on any atom is -0.507 e. The van der Waals surface area contributed by atoms with Gasteiger partial charge in [0.1, 0.15) is 11.6 Å². The number of carbonyl (C=O) groups is 1. The molecule has 1 saturated carbocycles. The number of nitrogens with zero attached hydrogens (tertiary/aromatic N) is 1. The van der Waals surface area contributed by atoms with Crippen LogP contribution in [0.25, 0.3) is 0 Å². The highest BCUT2D eigenvalue weighted by Crippen LogP contribution is 2.29. The lowest BCUT2D eigenvalue weighted by Gasteiger charge is -2.34. The lowest BCUT2D eigenvalue weighted by Crippen LogP contribution is -2.36. The van der Waals surface area contributed by atoms with Gasteiger partial charge in [0.25, 0.3) is 0 Å². The van der Waals surface area contributed by atoms with Crippen LogP contribution in [-0.2, 0) is 6.54 Å². The number of aromatic hydroxyl groups is 1. The van der Waals surface area contributed by atoms with Gasteiger partial charge in [0.2, 0.25) is 0 Å². The summed E-state index contributed by atoms with van der Waals surface area (Å²) in [7, 11) is 1.96. The molecule has 1 aromatic rings. The van der Waals surface area contributed by atoms with Crippen molar-refractivity contribution in [2.24, 2.45) is 0 Å². The fourth-order valence-electron chi connectivity index (χ4n) is 2.27. The normalized spacial score (nSPS) is 15.8. The van der Waals surface area contributed by atoms with E-state index in [2.05, 4.69) is 4.90 Å². The summed E-state index contributed by atoms with van der Waals surface area (Å²) in [6.07, 6.45) is 3.52. The number of benzene rings is 1. The van der Waals surface area contributed by atoms with Crippen LogP contribution in [0.4, 0.5) is 4.39 Å². The zero-order valence-electron chi connectivity index (χ0n) is 10.7. The maximum atomic E-state index is 13.4. The van der Waals surface area contributed by atoms with Crippen molar-refractivity contribution in [1.29, 1.82) is 0 Å². The van der Waals surface area contributed by atoms with Gasteiger partial charge in [-0.15, -0.1) is 0 Å². The number of hydrogen-bond donors (Lipinski definition) is 1. The van der Waals surface area contributed by atoms with E-state index in [1.807, 2.05) is 7.05 Å². The molecule has 0 radical (unpaired) electrons. The summed E-state index contributed by atoms with van der Waals surface area (Å²) in [5.41, 5.74) is 0.543. The summed E-state index contributed by atoms with van der Waals surface area (Å²) in [4.78, 5) is 13.4. The molecular weight excluding hydrogens is 233 g/mol. The van der Waals surface area contributed by atoms with Gasteiger partial charge in [0.15, 0.2) is 5.78 Å². The molecule has 1 aliphatic rings. The zero-order valence-corrected chi connectivity index (χ0v) is 10.7. The maximum Gasteiger partial charge on any atom is 0.163 e. The van der Waals surface area contributed by atoms with Crippen molar-refractivity contribution in [1.82, 2.24) is 4.90 Å². The molecule has 1 N–H and O–H groups in total. The first-order chi connectivity index (χ1) is 8.49. The van der Waals surface area contributed by atoms with E-state index in [4.69, 9.17) is 0 Å². The Labute approximate surface area is 106 Å². The largest absolute Gasteiger partial charge is 0.507 e. The molecule has 3 nitrogen and oxygen atoms in total. The second-order valence-electron chi connectivity index (χ2n) is 5.02. The van der Waals surface area contributed by atoms with Crippen LogP contribution in [0.15, 0.2) is 12.1 Å². The second-order valence-corrected chi connectivity index (χ2v) is 5.02. The molecule has 0 unspecified atom stereocenters. The number of hydrogen-bond acceptors (Lipinski definition) is 3. The van der Waals surface area contributed by atoms with Gasteiger partial charge in [-0.05, 0) is 38.9 Å². The Morgan fingerprint density at radius 2 is 2.17 bits per heavy atom. The molecule has 0 aliphatic heterocycles. The Hall–Kier alpha value is -1.42. The molecule has 0 bridgehead atoms. The second kappa shape index (κ2) is 5.06. The van der Waals surface area contributed by atoms with Gasteiger partial charge in [-0.2, -0.15) is 0 Å². The van der Waals surface area contributed by atoms with E-state index < -0.39 is 5.82 Å². The fraction of sp³-hybridized carbons (Fsp3) is 0.500. The van der Waals surface area contributed by atoms with E-state index in [0.29, 0.717) is 18.2 Å². The molecule has 0 amide bonds. The Bertz CT molecular complexity index is 469. The van der Waals surface area contributed by atoms with E-state index in [9.17, 15) is 14.3 Å². The summed E-state index contributed by atoms with van der Waals surface area (Å²) < 4.78 is 13.4. The molecule has 18 heavy (non-hydrogen) atoms. The molecule has 0 spiro atoms. The summed E-state index contributed by atoms with van der Waals surface area (Å²) in [6.45, 7) is 1.79. The fourth-order valence-corrected chi connectivity index (χ4v) is 2.27. The number of phenols is 1. The highest BCUT2D eigenvalue weighted by molar-refractivity contribution is 5.97. The number of ketones is 1. The van der Waals surface area contributed by atoms with Crippen LogP contribution >= 0.6 is 0 Å². The van der Waals surface area contributed by atoms with Crippen LogP contribution < -0.4 is 0 Å². The first-order valence-corrected chi connectivity index (χ1v) is 6.21. The summed E-state index contributed by atoms with van der Waals surface area (Å²) >= 11 is 0. The number of phenolic OH excluding ortho intramolecular Hbond substituents is 1. The summed E-state index contributed by atoms with van der Waals surface area (Å²) in [5, 5.41) is 9.99. The van der Waals surface area contributed by atoms with Crippen LogP contribution in [0.1, 0.15) is 42.1 Å². The van der Waals surface area contributed by atoms with Crippen molar-refractivity contribution in [2.75, 3.05) is 7.05 Å². The lowest BCUT2D eigenvalue weighted by molar-refractivity contribution is 0.101. The predicted molar refractivity (Wildman–Crippen MR) is 67.2 cm³/mol. The van der Waals surface area contributed by atoms with E-state index in [-0.39, 0.29) is 17.1 Å². The van der Waals surface area contributed by atoms with E-state index in [1.165, 1.54) is 19.4 Å². The van der Waals surface area contributed by atoms with Gasteiger partial charge in [0.05, 0.1) is 5.56 Å². The third-order valence-electron chi connectivity index (χ3n) is 3.65. The monoisotopic (exact) mass is 251 g/mol. The van der Waals surface area contributed by atoms with Crippen molar-refractivity contribution in [2.45, 2.75) is 38.8 Å². The van der Waals surface area contributed by atoms with Gasteiger partial charge < -0.3 is 5.11 Å².